The minimum Gasteiger partial charge on any atom is -0.377 e. The van der Waals surface area contributed by atoms with Gasteiger partial charge in [-0.15, -0.1) is 0 Å². The summed E-state index contributed by atoms with van der Waals surface area (Å²) < 4.78 is 35.2. The van der Waals surface area contributed by atoms with E-state index < -0.39 is 10.1 Å². The molecular weight excluding hydrogens is 230 g/mol. The van der Waals surface area contributed by atoms with Gasteiger partial charge in [0.25, 0.3) is 10.1 Å². The summed E-state index contributed by atoms with van der Waals surface area (Å²) in [6.07, 6.45) is 2.39. The number of hydrogen-bond donors (Lipinski definition) is 2. The van der Waals surface area contributed by atoms with Crippen LogP contribution in [0.15, 0.2) is 0 Å². The van der Waals surface area contributed by atoms with Gasteiger partial charge in [-0.05, 0) is 26.3 Å². The van der Waals surface area contributed by atoms with E-state index in [9.17, 15) is 8.42 Å². The Kier molecular flexibility index (Phi) is 8.83. The molecule has 0 amide bonds. The van der Waals surface area contributed by atoms with Gasteiger partial charge in [0.1, 0.15) is 0 Å². The monoisotopic (exact) mass is 253 g/mol. The third-order valence-corrected chi connectivity index (χ3v) is 2.93. The Balaban J connectivity index is 3.79. The van der Waals surface area contributed by atoms with E-state index >= 15 is 0 Å². The van der Waals surface area contributed by atoms with Gasteiger partial charge < -0.3 is 10.1 Å². The zero-order valence-corrected chi connectivity index (χ0v) is 10.9. The van der Waals surface area contributed by atoms with E-state index in [1.165, 1.54) is 0 Å². The van der Waals surface area contributed by atoms with Crippen LogP contribution in [0.25, 0.3) is 0 Å². The summed E-state index contributed by atoms with van der Waals surface area (Å²) in [5.74, 6) is -0.243. The summed E-state index contributed by atoms with van der Waals surface area (Å²) in [6.45, 7) is 6.06. The van der Waals surface area contributed by atoms with Crippen molar-refractivity contribution in [3.63, 3.8) is 0 Å². The molecule has 0 aromatic rings. The van der Waals surface area contributed by atoms with Gasteiger partial charge in [0.15, 0.2) is 0 Å². The smallest absolute Gasteiger partial charge is 0.264 e. The lowest BCUT2D eigenvalue weighted by Crippen LogP contribution is -2.31. The Bertz CT molecular complexity index is 254. The molecule has 0 aromatic heterocycles. The van der Waals surface area contributed by atoms with Crippen molar-refractivity contribution in [2.75, 3.05) is 25.4 Å². The molecule has 1 atom stereocenters. The Morgan fingerprint density at radius 1 is 1.38 bits per heavy atom. The van der Waals surface area contributed by atoms with Crippen molar-refractivity contribution in [2.45, 2.75) is 39.2 Å². The first kappa shape index (κ1) is 15.8. The average molecular weight is 253 g/mol. The quantitative estimate of drug-likeness (QED) is 0.450. The van der Waals surface area contributed by atoms with Gasteiger partial charge in [-0.25, -0.2) is 0 Å². The van der Waals surface area contributed by atoms with Crippen LogP contribution in [0.5, 0.6) is 0 Å². The minimum atomic E-state index is -3.88. The van der Waals surface area contributed by atoms with Crippen LogP contribution in [-0.4, -0.2) is 44.5 Å². The molecule has 98 valence electrons. The standard InChI is InChI=1S/C10H23NO4S/c1-3-5-7-11-9-10(15-4-2)6-8-16(12,13)14/h10-11H,3-9H2,1-2H3,(H,12,13,14). The highest BCUT2D eigenvalue weighted by atomic mass is 32.2. The van der Waals surface area contributed by atoms with Crippen LogP contribution in [0.4, 0.5) is 0 Å². The highest BCUT2D eigenvalue weighted by Gasteiger charge is 2.12. The summed E-state index contributed by atoms with van der Waals surface area (Å²) in [4.78, 5) is 0. The van der Waals surface area contributed by atoms with Crippen LogP contribution in [0.2, 0.25) is 0 Å². The maximum absolute atomic E-state index is 10.6. The van der Waals surface area contributed by atoms with Crippen molar-refractivity contribution < 1.29 is 17.7 Å². The maximum Gasteiger partial charge on any atom is 0.264 e. The van der Waals surface area contributed by atoms with Crippen molar-refractivity contribution in [2.24, 2.45) is 0 Å². The van der Waals surface area contributed by atoms with E-state index in [0.717, 1.165) is 19.4 Å². The SMILES string of the molecule is CCCCNCC(CCS(=O)(=O)O)OCC. The lowest BCUT2D eigenvalue weighted by atomic mass is 10.2. The molecule has 0 bridgehead atoms. The highest BCUT2D eigenvalue weighted by molar-refractivity contribution is 7.85. The van der Waals surface area contributed by atoms with Crippen molar-refractivity contribution in [1.29, 1.82) is 0 Å². The third-order valence-electron chi connectivity index (χ3n) is 2.18. The predicted octanol–water partition coefficient (Wildman–Crippen LogP) is 1.06. The van der Waals surface area contributed by atoms with E-state index in [4.69, 9.17) is 9.29 Å². The predicted molar refractivity (Wildman–Crippen MR) is 64.2 cm³/mol. The zero-order chi connectivity index (χ0) is 12.4. The summed E-state index contributed by atoms with van der Waals surface area (Å²) in [7, 11) is -3.88. The molecule has 1 unspecified atom stereocenters. The second-order valence-corrected chi connectivity index (χ2v) is 5.28. The number of ether oxygens (including phenoxy) is 1. The second kappa shape index (κ2) is 8.92. The number of rotatable bonds is 10. The molecule has 0 saturated carbocycles. The lowest BCUT2D eigenvalue weighted by Gasteiger charge is -2.16. The van der Waals surface area contributed by atoms with Crippen LogP contribution in [0.1, 0.15) is 33.1 Å². The highest BCUT2D eigenvalue weighted by Crippen LogP contribution is 2.00. The molecule has 0 rings (SSSR count). The van der Waals surface area contributed by atoms with Gasteiger partial charge >= 0.3 is 0 Å². The first-order valence-electron chi connectivity index (χ1n) is 5.77. The van der Waals surface area contributed by atoms with Crippen molar-refractivity contribution in [3.8, 4) is 0 Å². The van der Waals surface area contributed by atoms with Gasteiger partial charge in [-0.1, -0.05) is 13.3 Å². The molecule has 5 nitrogen and oxygen atoms in total. The Morgan fingerprint density at radius 3 is 2.56 bits per heavy atom. The van der Waals surface area contributed by atoms with Gasteiger partial charge in [0.2, 0.25) is 0 Å². The fraction of sp³-hybridized carbons (Fsp3) is 1.00. The Labute approximate surface area is 98.3 Å². The molecule has 0 aliphatic heterocycles. The van der Waals surface area contributed by atoms with Crippen molar-refractivity contribution in [1.82, 2.24) is 5.32 Å². The van der Waals surface area contributed by atoms with Crippen molar-refractivity contribution in [3.05, 3.63) is 0 Å². The largest absolute Gasteiger partial charge is 0.377 e. The molecule has 2 N–H and O–H groups in total. The fourth-order valence-corrected chi connectivity index (χ4v) is 1.89. The number of nitrogens with one attached hydrogen (secondary N) is 1. The first-order chi connectivity index (χ1) is 7.49. The summed E-state index contributed by atoms with van der Waals surface area (Å²) in [6, 6.07) is 0. The van der Waals surface area contributed by atoms with Gasteiger partial charge in [-0.3, -0.25) is 4.55 Å². The van der Waals surface area contributed by atoms with E-state index in [1.54, 1.807) is 0 Å². The molecule has 0 aromatic carbocycles. The Morgan fingerprint density at radius 2 is 2.06 bits per heavy atom. The van der Waals surface area contributed by atoms with Crippen LogP contribution in [0, 0.1) is 0 Å². The molecule has 0 aliphatic rings. The van der Waals surface area contributed by atoms with Gasteiger partial charge in [0, 0.05) is 13.2 Å². The van der Waals surface area contributed by atoms with E-state index in [1.807, 2.05) is 6.92 Å². The van der Waals surface area contributed by atoms with Crippen LogP contribution < -0.4 is 5.32 Å². The summed E-state index contributed by atoms with van der Waals surface area (Å²) in [5.41, 5.74) is 0. The normalized spacial score (nSPS) is 13.9. The molecule has 0 spiro atoms. The summed E-state index contributed by atoms with van der Waals surface area (Å²) >= 11 is 0. The first-order valence-corrected chi connectivity index (χ1v) is 7.38. The van der Waals surface area contributed by atoms with Crippen molar-refractivity contribution >= 4 is 10.1 Å². The minimum absolute atomic E-state index is 0.149. The third kappa shape index (κ3) is 10.4. The molecular formula is C10H23NO4S. The second-order valence-electron chi connectivity index (χ2n) is 3.71. The number of hydrogen-bond acceptors (Lipinski definition) is 4. The maximum atomic E-state index is 10.6. The zero-order valence-electron chi connectivity index (χ0n) is 10.1. The Hall–Kier alpha value is -0.170. The van der Waals surface area contributed by atoms with Crippen LogP contribution >= 0.6 is 0 Å². The van der Waals surface area contributed by atoms with Gasteiger partial charge in [0.05, 0.1) is 11.9 Å². The van der Waals surface area contributed by atoms with Crippen LogP contribution in [0.3, 0.4) is 0 Å². The molecule has 0 saturated heterocycles. The molecule has 16 heavy (non-hydrogen) atoms. The van der Waals surface area contributed by atoms with Gasteiger partial charge in [-0.2, -0.15) is 8.42 Å². The topological polar surface area (TPSA) is 75.6 Å². The number of unbranched alkanes of at least 4 members (excludes halogenated alkanes) is 1. The van der Waals surface area contributed by atoms with Crippen LogP contribution in [-0.2, 0) is 14.9 Å². The summed E-state index contributed by atoms with van der Waals surface area (Å²) in [5, 5.41) is 3.21. The molecule has 6 heteroatoms. The van der Waals surface area contributed by atoms with E-state index in [0.29, 0.717) is 19.6 Å². The molecule has 0 radical (unpaired) electrons. The fourth-order valence-electron chi connectivity index (χ4n) is 1.33. The van der Waals surface area contributed by atoms with E-state index in [2.05, 4.69) is 12.2 Å². The lowest BCUT2D eigenvalue weighted by molar-refractivity contribution is 0.0605. The average Bonchev–Trinajstić information content (AvgIpc) is 2.19. The molecule has 0 fully saturated rings. The van der Waals surface area contributed by atoms with E-state index in [-0.39, 0.29) is 11.9 Å². The molecule has 0 heterocycles. The molecule has 0 aliphatic carbocycles.